The number of furan rings is 1. The highest BCUT2D eigenvalue weighted by molar-refractivity contribution is 6.25. The second-order valence-corrected chi connectivity index (χ2v) is 10.1. The summed E-state index contributed by atoms with van der Waals surface area (Å²) in [6.45, 7) is 0. The van der Waals surface area contributed by atoms with E-state index in [1.54, 1.807) is 48.5 Å². The third-order valence-corrected chi connectivity index (χ3v) is 7.63. The zero-order valence-corrected chi connectivity index (χ0v) is 23.0. The summed E-state index contributed by atoms with van der Waals surface area (Å²) in [5, 5.41) is 0.886. The Morgan fingerprint density at radius 2 is 0.911 bits per heavy atom. The Bertz CT molecular complexity index is 3550. The highest BCUT2D eigenvalue weighted by Gasteiger charge is 2.20. The Morgan fingerprint density at radius 1 is 0.378 bits per heavy atom. The first-order chi connectivity index (χ1) is 30.7. The molecule has 0 fully saturated rings. The minimum Gasteiger partial charge on any atom is -0.456 e. The average Bonchev–Trinajstić information content (AvgIpc) is 3.70. The third-order valence-electron chi connectivity index (χ3n) is 7.63. The summed E-state index contributed by atoms with van der Waals surface area (Å²) in [4.78, 5) is 0. The number of benzene rings is 8. The van der Waals surface area contributed by atoms with Crippen LogP contribution in [-0.2, 0) is 0 Å². The third kappa shape index (κ3) is 4.17. The SMILES string of the molecule is [2H]c1c([2H])c([2H])c(-c2c([2H])c([2H])c([2H])c(-c3c4ccccc4c(-c4c([2H])c([2H])c([2H])c5oc6c([2H])c(-c7c([2H])c([2H])c([2H])c([2H])c7[2H])c([2H])c([2H])c6c45)c4ccccc34)c2[2H])c([2H])c1[2H]. The van der Waals surface area contributed by atoms with E-state index >= 15 is 0 Å². The lowest BCUT2D eigenvalue weighted by Gasteiger charge is -2.18. The zero-order valence-electron chi connectivity index (χ0n) is 43.0. The van der Waals surface area contributed by atoms with Gasteiger partial charge in [0.25, 0.3) is 0 Å². The van der Waals surface area contributed by atoms with E-state index in [0.29, 0.717) is 21.5 Å². The molecule has 0 N–H and O–H groups in total. The normalized spacial score (nSPS) is 17.8. The smallest absolute Gasteiger partial charge is 0.136 e. The topological polar surface area (TPSA) is 13.1 Å². The van der Waals surface area contributed by atoms with Crippen LogP contribution < -0.4 is 0 Å². The predicted octanol–water partition coefficient (Wildman–Crippen LogP) is 12.6. The number of hydrogen-bond acceptors (Lipinski definition) is 1. The summed E-state index contributed by atoms with van der Waals surface area (Å²) < 4.78 is 182. The summed E-state index contributed by atoms with van der Waals surface area (Å²) in [6, 6.07) is -0.354. The largest absolute Gasteiger partial charge is 0.456 e. The molecule has 0 aliphatic heterocycles. The number of rotatable bonds is 4. The lowest BCUT2D eigenvalue weighted by atomic mass is 9.84. The van der Waals surface area contributed by atoms with Crippen LogP contribution in [0.1, 0.15) is 27.4 Å². The molecule has 0 unspecified atom stereocenters. The van der Waals surface area contributed by atoms with E-state index < -0.39 is 149 Å². The molecule has 0 spiro atoms. The first-order valence-electron chi connectivity index (χ1n) is 23.8. The van der Waals surface area contributed by atoms with Crippen LogP contribution in [0.5, 0.6) is 0 Å². The van der Waals surface area contributed by atoms with Gasteiger partial charge >= 0.3 is 0 Å². The van der Waals surface area contributed by atoms with Crippen molar-refractivity contribution in [2.75, 3.05) is 0 Å². The second-order valence-electron chi connectivity index (χ2n) is 10.1. The van der Waals surface area contributed by atoms with E-state index in [0.717, 1.165) is 0 Å². The highest BCUT2D eigenvalue weighted by atomic mass is 16.3. The molecule has 0 aliphatic rings. The summed E-state index contributed by atoms with van der Waals surface area (Å²) in [5.41, 5.74) is -2.63. The van der Waals surface area contributed by atoms with E-state index in [1.165, 1.54) is 0 Å². The fourth-order valence-corrected chi connectivity index (χ4v) is 5.77. The zero-order chi connectivity index (χ0) is 47.1. The van der Waals surface area contributed by atoms with Gasteiger partial charge in [-0.3, -0.25) is 0 Å². The van der Waals surface area contributed by atoms with Crippen molar-refractivity contribution in [1.29, 1.82) is 0 Å². The number of fused-ring (bicyclic) bond motifs is 5. The van der Waals surface area contributed by atoms with Crippen LogP contribution in [0.15, 0.2) is 174 Å². The van der Waals surface area contributed by atoms with Crippen molar-refractivity contribution in [2.24, 2.45) is 0 Å². The van der Waals surface area contributed by atoms with E-state index in [9.17, 15) is 6.85 Å². The molecule has 1 heterocycles. The lowest BCUT2D eigenvalue weighted by Crippen LogP contribution is -1.91. The molecule has 0 amide bonds. The van der Waals surface area contributed by atoms with Crippen LogP contribution in [0.3, 0.4) is 0 Å². The maximum absolute atomic E-state index is 9.57. The summed E-state index contributed by atoms with van der Waals surface area (Å²) in [5.74, 6) is 0. The molecule has 0 aliphatic carbocycles. The van der Waals surface area contributed by atoms with E-state index in [1.807, 2.05) is 0 Å². The monoisotopic (exact) mass is 592 g/mol. The van der Waals surface area contributed by atoms with Gasteiger partial charge in [0, 0.05) is 10.8 Å². The van der Waals surface area contributed by atoms with Crippen molar-refractivity contribution in [3.8, 4) is 44.5 Å². The molecule has 9 rings (SSSR count). The Morgan fingerprint density at radius 3 is 1.56 bits per heavy atom. The molecule has 0 saturated heterocycles. The van der Waals surface area contributed by atoms with Gasteiger partial charge in [-0.15, -0.1) is 0 Å². The van der Waals surface area contributed by atoms with E-state index in [2.05, 4.69) is 0 Å². The van der Waals surface area contributed by atoms with Crippen LogP contribution >= 0.6 is 0 Å². The van der Waals surface area contributed by atoms with Crippen molar-refractivity contribution in [2.45, 2.75) is 0 Å². The Kier molecular flexibility index (Phi) is 2.90. The molecule has 1 heteroatoms. The number of hydrogen-bond donors (Lipinski definition) is 0. The fourth-order valence-electron chi connectivity index (χ4n) is 5.77. The highest BCUT2D eigenvalue weighted by Crippen LogP contribution is 2.47. The summed E-state index contributed by atoms with van der Waals surface area (Å²) >= 11 is 0. The Labute approximate surface area is 289 Å². The molecule has 9 aromatic rings. The van der Waals surface area contributed by atoms with Crippen molar-refractivity contribution in [3.63, 3.8) is 0 Å². The van der Waals surface area contributed by atoms with Crippen molar-refractivity contribution in [3.05, 3.63) is 169 Å². The van der Waals surface area contributed by atoms with Gasteiger partial charge in [0.1, 0.15) is 11.2 Å². The Hall–Kier alpha value is -5.92. The van der Waals surface area contributed by atoms with Gasteiger partial charge in [-0.1, -0.05) is 145 Å². The maximum Gasteiger partial charge on any atom is 0.136 e. The molecular formula is C44H28O. The molecule has 45 heavy (non-hydrogen) atoms. The minimum absolute atomic E-state index is 0.0683. The molecule has 8 aromatic carbocycles. The van der Waals surface area contributed by atoms with Crippen molar-refractivity contribution in [1.82, 2.24) is 0 Å². The molecule has 0 bridgehead atoms. The van der Waals surface area contributed by atoms with E-state index in [4.69, 9.17) is 25.0 Å². The van der Waals surface area contributed by atoms with Crippen LogP contribution in [-0.4, -0.2) is 0 Å². The van der Waals surface area contributed by atoms with Crippen LogP contribution in [0, 0.1) is 0 Å². The first kappa shape index (κ1) is 12.6. The Balaban J connectivity index is 1.45. The molecular weight excluding hydrogens is 544 g/mol. The fraction of sp³-hybridized carbons (Fsp3) is 0. The van der Waals surface area contributed by atoms with Gasteiger partial charge in [0.2, 0.25) is 0 Å². The van der Waals surface area contributed by atoms with Gasteiger partial charge in [-0.05, 0) is 90.2 Å². The van der Waals surface area contributed by atoms with E-state index in [-0.39, 0.29) is 38.6 Å². The average molecular weight is 593 g/mol. The lowest BCUT2D eigenvalue weighted by molar-refractivity contribution is 0.669. The summed E-state index contributed by atoms with van der Waals surface area (Å²) in [6.07, 6.45) is 0. The van der Waals surface area contributed by atoms with Crippen LogP contribution in [0.2, 0.25) is 0 Å². The maximum atomic E-state index is 9.57. The molecule has 0 atom stereocenters. The quantitative estimate of drug-likeness (QED) is 0.185. The van der Waals surface area contributed by atoms with Crippen molar-refractivity contribution < 1.29 is 31.8 Å². The molecule has 210 valence electrons. The van der Waals surface area contributed by atoms with Gasteiger partial charge in [0.05, 0.1) is 27.4 Å². The van der Waals surface area contributed by atoms with Gasteiger partial charge in [0.15, 0.2) is 0 Å². The van der Waals surface area contributed by atoms with Gasteiger partial charge in [-0.2, -0.15) is 0 Å². The first-order valence-corrected chi connectivity index (χ1v) is 13.8. The van der Waals surface area contributed by atoms with Crippen molar-refractivity contribution >= 4 is 43.5 Å². The molecule has 1 nitrogen and oxygen atoms in total. The van der Waals surface area contributed by atoms with Crippen LogP contribution in [0.4, 0.5) is 0 Å². The van der Waals surface area contributed by atoms with Crippen LogP contribution in [0.25, 0.3) is 88.0 Å². The van der Waals surface area contributed by atoms with Gasteiger partial charge in [-0.25, -0.2) is 0 Å². The molecule has 0 saturated carbocycles. The summed E-state index contributed by atoms with van der Waals surface area (Å²) in [7, 11) is 0. The second kappa shape index (κ2) is 10.4. The minimum atomic E-state index is -0.735. The molecule has 1 aromatic heterocycles. The standard InChI is InChI=1S/C44H28O/c1-3-13-29(14-4-1)31-17-11-18-33(27-31)42-34-19-7-9-21-36(34)43(37-22-10-8-20-35(37)42)39-23-12-24-40-44(39)38-26-25-32(28-41(38)45-40)30-15-5-2-6-16-30/h1-28H/i1D,2D,3D,4D,5D,6D,11D,12D,13D,14D,15D,16D,17D,18D,23D,24D,25D,26D,27D,28D. The predicted molar refractivity (Wildman–Crippen MR) is 190 cm³/mol. The molecule has 0 radical (unpaired) electrons. The van der Waals surface area contributed by atoms with Gasteiger partial charge < -0.3 is 4.42 Å².